The molecule has 0 heterocycles. The van der Waals surface area contributed by atoms with Gasteiger partial charge in [0, 0.05) is 6.54 Å². The standard InChI is InChI=1S/C32H61NO17/c1-32(2,3)50-31(37)28-48-25-24-47-23-22-46-21-20-45-19-18-44-17-16-43-15-14-42-13-12-41-11-10-40-9-8-39-7-6-38-5-4-33-29(34)26-49-27-30(35)36/h4-28H2,1-3H3,(H,33,34)(H,35,36). The van der Waals surface area contributed by atoms with E-state index < -0.39 is 30.1 Å². The number of carbonyl (C=O) groups is 3. The van der Waals surface area contributed by atoms with Crippen LogP contribution in [0.25, 0.3) is 0 Å². The summed E-state index contributed by atoms with van der Waals surface area (Å²) in [6.45, 7) is 13.9. The van der Waals surface area contributed by atoms with Gasteiger partial charge in [-0.2, -0.15) is 0 Å². The number of aliphatic carboxylic acids is 1. The Morgan fingerprint density at radius 1 is 0.420 bits per heavy atom. The molecule has 0 saturated heterocycles. The van der Waals surface area contributed by atoms with Crippen molar-refractivity contribution in [3.05, 3.63) is 0 Å². The lowest BCUT2D eigenvalue weighted by atomic mass is 10.2. The quantitative estimate of drug-likeness (QED) is 0.0617. The summed E-state index contributed by atoms with van der Waals surface area (Å²) in [5.74, 6) is -1.92. The highest BCUT2D eigenvalue weighted by atomic mass is 16.6. The number of hydrogen-bond acceptors (Lipinski definition) is 16. The van der Waals surface area contributed by atoms with Crippen molar-refractivity contribution in [2.45, 2.75) is 26.4 Å². The Morgan fingerprint density at radius 3 is 1.02 bits per heavy atom. The first kappa shape index (κ1) is 47.9. The second-order valence-electron chi connectivity index (χ2n) is 11.0. The van der Waals surface area contributed by atoms with E-state index in [9.17, 15) is 14.4 Å². The van der Waals surface area contributed by atoms with E-state index in [2.05, 4.69) is 10.1 Å². The lowest BCUT2D eigenvalue weighted by molar-refractivity contribution is -0.160. The maximum absolute atomic E-state index is 11.5. The zero-order chi connectivity index (χ0) is 36.8. The van der Waals surface area contributed by atoms with Crippen LogP contribution in [0.4, 0.5) is 0 Å². The molecule has 50 heavy (non-hydrogen) atoms. The van der Waals surface area contributed by atoms with Crippen LogP contribution in [0.1, 0.15) is 20.8 Å². The van der Waals surface area contributed by atoms with E-state index in [1.54, 1.807) is 20.8 Å². The first-order chi connectivity index (χ1) is 24.2. The van der Waals surface area contributed by atoms with Crippen LogP contribution in [0.2, 0.25) is 0 Å². The van der Waals surface area contributed by atoms with Gasteiger partial charge in [0.05, 0.1) is 139 Å². The second kappa shape index (κ2) is 36.7. The minimum absolute atomic E-state index is 0.0927. The Hall–Kier alpha value is -2.07. The van der Waals surface area contributed by atoms with Crippen molar-refractivity contribution >= 4 is 17.8 Å². The number of ether oxygens (including phenoxy) is 13. The summed E-state index contributed by atoms with van der Waals surface area (Å²) < 4.78 is 69.2. The fourth-order valence-corrected chi connectivity index (χ4v) is 3.27. The molecule has 0 aromatic heterocycles. The van der Waals surface area contributed by atoms with E-state index in [0.717, 1.165) is 0 Å². The number of esters is 1. The molecule has 0 aliphatic heterocycles. The molecule has 0 aromatic carbocycles. The van der Waals surface area contributed by atoms with Crippen molar-refractivity contribution in [1.82, 2.24) is 5.32 Å². The van der Waals surface area contributed by atoms with Gasteiger partial charge in [0.15, 0.2) is 0 Å². The molecule has 0 bridgehead atoms. The van der Waals surface area contributed by atoms with Crippen LogP contribution >= 0.6 is 0 Å². The molecule has 0 aromatic rings. The van der Waals surface area contributed by atoms with Crippen LogP contribution in [0.3, 0.4) is 0 Å². The van der Waals surface area contributed by atoms with E-state index in [4.69, 9.17) is 61.9 Å². The topological polar surface area (TPSA) is 203 Å². The molecule has 0 rings (SSSR count). The van der Waals surface area contributed by atoms with Gasteiger partial charge >= 0.3 is 11.9 Å². The molecular formula is C32H61NO17. The van der Waals surface area contributed by atoms with Crippen LogP contribution in [0.5, 0.6) is 0 Å². The first-order valence-corrected chi connectivity index (χ1v) is 16.8. The SMILES string of the molecule is CC(C)(C)OC(=O)COCCOCCOCCOCCOCCOCCOCCOCCOCCOCCOCCNC(=O)COCC(=O)O. The number of amides is 1. The highest BCUT2D eigenvalue weighted by molar-refractivity contribution is 5.77. The van der Waals surface area contributed by atoms with Crippen molar-refractivity contribution in [3.63, 3.8) is 0 Å². The Labute approximate surface area is 295 Å². The summed E-state index contributed by atoms with van der Waals surface area (Å²) in [5, 5.41) is 11.0. The molecule has 1 amide bonds. The van der Waals surface area contributed by atoms with Gasteiger partial charge < -0.3 is 72.0 Å². The third kappa shape index (κ3) is 42.1. The predicted octanol–water partition coefficient (Wildman–Crippen LogP) is -0.272. The normalized spacial score (nSPS) is 11.6. The van der Waals surface area contributed by atoms with Crippen LogP contribution in [-0.2, 0) is 76.0 Å². The van der Waals surface area contributed by atoms with Crippen molar-refractivity contribution in [3.8, 4) is 0 Å². The zero-order valence-electron chi connectivity index (χ0n) is 30.2. The van der Waals surface area contributed by atoms with Crippen molar-refractivity contribution < 1.29 is 81.1 Å². The van der Waals surface area contributed by atoms with Crippen molar-refractivity contribution in [2.24, 2.45) is 0 Å². The zero-order valence-corrected chi connectivity index (χ0v) is 30.2. The lowest BCUT2D eigenvalue weighted by Crippen LogP contribution is -2.31. The molecule has 296 valence electrons. The van der Waals surface area contributed by atoms with E-state index in [1.807, 2.05) is 0 Å². The van der Waals surface area contributed by atoms with E-state index in [1.165, 1.54) is 0 Å². The Kier molecular flexibility index (Phi) is 35.2. The number of carboxylic acids is 1. The molecule has 0 aliphatic rings. The summed E-state index contributed by atoms with van der Waals surface area (Å²) in [5.41, 5.74) is -0.520. The van der Waals surface area contributed by atoms with Gasteiger partial charge in [0.2, 0.25) is 5.91 Å². The molecule has 18 nitrogen and oxygen atoms in total. The number of nitrogens with one attached hydrogen (secondary N) is 1. The summed E-state index contributed by atoms with van der Waals surface area (Å²) >= 11 is 0. The van der Waals surface area contributed by atoms with Gasteiger partial charge in [0.25, 0.3) is 0 Å². The fourth-order valence-electron chi connectivity index (χ4n) is 3.27. The molecular weight excluding hydrogens is 670 g/mol. The number of hydrogen-bond donors (Lipinski definition) is 2. The molecule has 18 heteroatoms. The van der Waals surface area contributed by atoms with Crippen molar-refractivity contribution in [2.75, 3.05) is 165 Å². The van der Waals surface area contributed by atoms with Gasteiger partial charge in [-0.25, -0.2) is 9.59 Å². The maximum Gasteiger partial charge on any atom is 0.332 e. The minimum Gasteiger partial charge on any atom is -0.480 e. The highest BCUT2D eigenvalue weighted by Crippen LogP contribution is 2.06. The summed E-state index contributed by atoms with van der Waals surface area (Å²) in [7, 11) is 0. The lowest BCUT2D eigenvalue weighted by Gasteiger charge is -2.19. The van der Waals surface area contributed by atoms with Gasteiger partial charge in [-0.15, -0.1) is 0 Å². The third-order valence-electron chi connectivity index (χ3n) is 5.39. The maximum atomic E-state index is 11.5. The smallest absolute Gasteiger partial charge is 0.332 e. The minimum atomic E-state index is -1.13. The molecule has 0 unspecified atom stereocenters. The average molecular weight is 732 g/mol. The van der Waals surface area contributed by atoms with Crippen LogP contribution in [-0.4, -0.2) is 194 Å². The van der Waals surface area contributed by atoms with Crippen molar-refractivity contribution in [1.29, 1.82) is 0 Å². The van der Waals surface area contributed by atoms with Crippen LogP contribution < -0.4 is 5.32 Å². The Morgan fingerprint density at radius 2 is 0.720 bits per heavy atom. The molecule has 2 N–H and O–H groups in total. The Balaban J connectivity index is 3.13. The summed E-state index contributed by atoms with van der Waals surface area (Å²) in [4.78, 5) is 33.1. The van der Waals surface area contributed by atoms with E-state index in [-0.39, 0.29) is 13.2 Å². The van der Waals surface area contributed by atoms with Gasteiger partial charge in [-0.3, -0.25) is 4.79 Å². The summed E-state index contributed by atoms with van der Waals surface area (Å²) in [6, 6.07) is 0. The number of rotatable bonds is 39. The van der Waals surface area contributed by atoms with Gasteiger partial charge in [-0.05, 0) is 20.8 Å². The third-order valence-corrected chi connectivity index (χ3v) is 5.39. The number of carboxylic acid groups (broad SMARTS) is 1. The molecule has 0 fully saturated rings. The van der Waals surface area contributed by atoms with Crippen LogP contribution in [0, 0.1) is 0 Å². The van der Waals surface area contributed by atoms with Crippen LogP contribution in [0.15, 0.2) is 0 Å². The Bertz CT molecular complexity index is 784. The largest absolute Gasteiger partial charge is 0.480 e. The average Bonchev–Trinajstić information content (AvgIpc) is 3.05. The molecule has 0 aliphatic carbocycles. The van der Waals surface area contributed by atoms with Gasteiger partial charge in [0.1, 0.15) is 25.4 Å². The summed E-state index contributed by atoms with van der Waals surface area (Å²) in [6.07, 6.45) is 0. The number of carbonyl (C=O) groups excluding carboxylic acids is 2. The van der Waals surface area contributed by atoms with E-state index in [0.29, 0.717) is 145 Å². The fraction of sp³-hybridized carbons (Fsp3) is 0.906. The second-order valence-corrected chi connectivity index (χ2v) is 11.0. The molecule has 0 atom stereocenters. The molecule has 0 radical (unpaired) electrons. The van der Waals surface area contributed by atoms with Gasteiger partial charge in [-0.1, -0.05) is 0 Å². The molecule has 0 saturated carbocycles. The molecule has 0 spiro atoms. The highest BCUT2D eigenvalue weighted by Gasteiger charge is 2.15. The monoisotopic (exact) mass is 731 g/mol. The first-order valence-electron chi connectivity index (χ1n) is 16.8. The predicted molar refractivity (Wildman–Crippen MR) is 176 cm³/mol. The van der Waals surface area contributed by atoms with E-state index >= 15 is 0 Å².